The van der Waals surface area contributed by atoms with E-state index in [1.54, 1.807) is 0 Å². The first-order chi connectivity index (χ1) is 11.9. The second-order valence-corrected chi connectivity index (χ2v) is 12.7. The minimum atomic E-state index is -1.34. The molecule has 1 heterocycles. The second-order valence-electron chi connectivity index (χ2n) is 7.02. The van der Waals surface area contributed by atoms with E-state index in [-0.39, 0.29) is 0 Å². The third-order valence-corrected chi connectivity index (χ3v) is 5.05. The molecule has 0 aliphatic carbocycles. The Hall–Kier alpha value is -2.15. The Bertz CT molecular complexity index is 944. The SMILES string of the molecule is C[Si](C)(C)C#Cc1ccc(-c2ccnc(-c3cccc(Br)c3)c2)cc1. The van der Waals surface area contributed by atoms with Gasteiger partial charge in [0, 0.05) is 21.8 Å². The lowest BCUT2D eigenvalue weighted by Gasteiger charge is -2.06. The van der Waals surface area contributed by atoms with Crippen molar-refractivity contribution >= 4 is 24.0 Å². The zero-order valence-corrected chi connectivity index (χ0v) is 17.3. The van der Waals surface area contributed by atoms with E-state index < -0.39 is 8.07 Å². The van der Waals surface area contributed by atoms with Gasteiger partial charge in [-0.05, 0) is 47.5 Å². The number of halogens is 1. The van der Waals surface area contributed by atoms with Crippen LogP contribution in [0, 0.1) is 11.5 Å². The standard InChI is InChI=1S/C22H20BrNSi/c1-25(2,3)14-12-17-7-9-18(10-8-17)19-11-13-24-22(16-19)20-5-4-6-21(23)15-20/h4-11,13,15-16H,1-3H3. The molecule has 124 valence electrons. The molecule has 0 spiro atoms. The Balaban J connectivity index is 1.90. The molecule has 1 aromatic heterocycles. The van der Waals surface area contributed by atoms with Crippen LogP contribution in [0.4, 0.5) is 0 Å². The summed E-state index contributed by atoms with van der Waals surface area (Å²) in [6, 6.07) is 20.8. The van der Waals surface area contributed by atoms with E-state index in [4.69, 9.17) is 0 Å². The van der Waals surface area contributed by atoms with E-state index in [9.17, 15) is 0 Å². The number of rotatable bonds is 2. The molecule has 0 saturated carbocycles. The van der Waals surface area contributed by atoms with E-state index >= 15 is 0 Å². The lowest BCUT2D eigenvalue weighted by molar-refractivity contribution is 1.32. The molecule has 3 heteroatoms. The van der Waals surface area contributed by atoms with Crippen LogP contribution in [0.5, 0.6) is 0 Å². The van der Waals surface area contributed by atoms with E-state index in [1.807, 2.05) is 24.4 Å². The smallest absolute Gasteiger partial charge is 0.129 e. The fourth-order valence-corrected chi connectivity index (χ4v) is 3.34. The zero-order chi connectivity index (χ0) is 17.9. The molecule has 0 bridgehead atoms. The van der Waals surface area contributed by atoms with Gasteiger partial charge in [-0.25, -0.2) is 0 Å². The van der Waals surface area contributed by atoms with E-state index in [1.165, 1.54) is 5.56 Å². The number of hydrogen-bond acceptors (Lipinski definition) is 1. The number of hydrogen-bond donors (Lipinski definition) is 0. The molecule has 0 unspecified atom stereocenters. The molecule has 0 saturated heterocycles. The Morgan fingerprint density at radius 3 is 2.28 bits per heavy atom. The van der Waals surface area contributed by atoms with Crippen molar-refractivity contribution in [1.29, 1.82) is 0 Å². The third kappa shape index (κ3) is 4.91. The summed E-state index contributed by atoms with van der Waals surface area (Å²) in [5.41, 5.74) is 8.90. The minimum Gasteiger partial charge on any atom is -0.256 e. The molecule has 2 aromatic carbocycles. The van der Waals surface area contributed by atoms with Gasteiger partial charge in [0.15, 0.2) is 0 Å². The molecular weight excluding hydrogens is 386 g/mol. The van der Waals surface area contributed by atoms with Crippen LogP contribution in [0.3, 0.4) is 0 Å². The van der Waals surface area contributed by atoms with Gasteiger partial charge in [0.25, 0.3) is 0 Å². The topological polar surface area (TPSA) is 12.9 Å². The molecule has 0 radical (unpaired) electrons. The summed E-state index contributed by atoms with van der Waals surface area (Å²) in [4.78, 5) is 4.51. The summed E-state index contributed by atoms with van der Waals surface area (Å²) in [5, 5.41) is 0. The van der Waals surface area contributed by atoms with Crippen molar-refractivity contribution in [3.63, 3.8) is 0 Å². The van der Waals surface area contributed by atoms with Crippen molar-refractivity contribution in [2.24, 2.45) is 0 Å². The zero-order valence-electron chi connectivity index (χ0n) is 14.7. The van der Waals surface area contributed by atoms with Crippen LogP contribution in [-0.2, 0) is 0 Å². The molecule has 0 atom stereocenters. The molecule has 0 aliphatic rings. The van der Waals surface area contributed by atoms with Crippen LogP contribution in [0.2, 0.25) is 19.6 Å². The first-order valence-electron chi connectivity index (χ1n) is 8.26. The van der Waals surface area contributed by atoms with Crippen molar-refractivity contribution in [3.8, 4) is 33.8 Å². The normalized spacial score (nSPS) is 10.9. The van der Waals surface area contributed by atoms with E-state index in [2.05, 4.69) is 94.5 Å². The van der Waals surface area contributed by atoms with Crippen LogP contribution in [0.25, 0.3) is 22.4 Å². The van der Waals surface area contributed by atoms with Crippen molar-refractivity contribution in [1.82, 2.24) is 4.98 Å². The molecule has 0 N–H and O–H groups in total. The van der Waals surface area contributed by atoms with Crippen LogP contribution in [0.15, 0.2) is 71.3 Å². The fourth-order valence-electron chi connectivity index (χ4n) is 2.42. The van der Waals surface area contributed by atoms with E-state index in [0.29, 0.717) is 0 Å². The van der Waals surface area contributed by atoms with Crippen molar-refractivity contribution in [3.05, 3.63) is 76.9 Å². The van der Waals surface area contributed by atoms with Gasteiger partial charge < -0.3 is 0 Å². The molecule has 0 fully saturated rings. The van der Waals surface area contributed by atoms with Gasteiger partial charge in [-0.3, -0.25) is 4.98 Å². The van der Waals surface area contributed by atoms with Gasteiger partial charge in [-0.2, -0.15) is 0 Å². The Labute approximate surface area is 159 Å². The highest BCUT2D eigenvalue weighted by molar-refractivity contribution is 9.10. The maximum absolute atomic E-state index is 4.51. The maximum atomic E-state index is 4.51. The second kappa shape index (κ2) is 7.39. The van der Waals surface area contributed by atoms with Crippen molar-refractivity contribution in [2.45, 2.75) is 19.6 Å². The Morgan fingerprint density at radius 2 is 1.60 bits per heavy atom. The molecule has 25 heavy (non-hydrogen) atoms. The molecule has 0 amide bonds. The molecule has 3 aromatic rings. The Morgan fingerprint density at radius 1 is 0.840 bits per heavy atom. The predicted octanol–water partition coefficient (Wildman–Crippen LogP) is 6.41. The van der Waals surface area contributed by atoms with Gasteiger partial charge in [0.1, 0.15) is 8.07 Å². The number of benzene rings is 2. The molecule has 0 aliphatic heterocycles. The summed E-state index contributed by atoms with van der Waals surface area (Å²) >= 11 is 3.52. The van der Waals surface area contributed by atoms with Gasteiger partial charge in [-0.15, -0.1) is 5.54 Å². The lowest BCUT2D eigenvalue weighted by Crippen LogP contribution is -2.16. The minimum absolute atomic E-state index is 0.974. The maximum Gasteiger partial charge on any atom is 0.129 e. The summed E-state index contributed by atoms with van der Waals surface area (Å²) in [5.74, 6) is 3.30. The Kier molecular flexibility index (Phi) is 5.22. The van der Waals surface area contributed by atoms with Crippen LogP contribution >= 0.6 is 15.9 Å². The van der Waals surface area contributed by atoms with Gasteiger partial charge in [0.05, 0.1) is 5.69 Å². The van der Waals surface area contributed by atoms with Crippen molar-refractivity contribution in [2.75, 3.05) is 0 Å². The van der Waals surface area contributed by atoms with Crippen LogP contribution in [0.1, 0.15) is 5.56 Å². The highest BCUT2D eigenvalue weighted by Gasteiger charge is 2.07. The van der Waals surface area contributed by atoms with Gasteiger partial charge in [0.2, 0.25) is 0 Å². The van der Waals surface area contributed by atoms with Crippen LogP contribution in [-0.4, -0.2) is 13.1 Å². The van der Waals surface area contributed by atoms with Gasteiger partial charge >= 0.3 is 0 Å². The first-order valence-corrected chi connectivity index (χ1v) is 12.6. The molecule has 3 rings (SSSR count). The summed E-state index contributed by atoms with van der Waals surface area (Å²) < 4.78 is 1.06. The lowest BCUT2D eigenvalue weighted by atomic mass is 10.0. The average molecular weight is 406 g/mol. The predicted molar refractivity (Wildman–Crippen MR) is 113 cm³/mol. The summed E-state index contributed by atoms with van der Waals surface area (Å²) in [7, 11) is -1.34. The monoisotopic (exact) mass is 405 g/mol. The highest BCUT2D eigenvalue weighted by Crippen LogP contribution is 2.26. The highest BCUT2D eigenvalue weighted by atomic mass is 79.9. The number of nitrogens with zero attached hydrogens (tertiary/aromatic N) is 1. The largest absolute Gasteiger partial charge is 0.256 e. The molecular formula is C22H20BrNSi. The number of aromatic nitrogens is 1. The molecule has 1 nitrogen and oxygen atoms in total. The van der Waals surface area contributed by atoms with E-state index in [0.717, 1.165) is 26.9 Å². The summed E-state index contributed by atoms with van der Waals surface area (Å²) in [6.07, 6.45) is 1.87. The van der Waals surface area contributed by atoms with Crippen molar-refractivity contribution < 1.29 is 0 Å². The summed E-state index contributed by atoms with van der Waals surface area (Å²) in [6.45, 7) is 6.78. The van der Waals surface area contributed by atoms with Crippen LogP contribution < -0.4 is 0 Å². The quantitative estimate of drug-likeness (QED) is 0.354. The average Bonchev–Trinajstić information content (AvgIpc) is 2.60. The number of pyridine rings is 1. The first kappa shape index (κ1) is 17.7. The third-order valence-electron chi connectivity index (χ3n) is 3.68. The van der Waals surface area contributed by atoms with Gasteiger partial charge in [-0.1, -0.05) is 65.8 Å². The fraction of sp³-hybridized carbons (Fsp3) is 0.136.